The Labute approximate surface area is 131 Å². The molecule has 0 bridgehead atoms. The molecule has 0 saturated heterocycles. The predicted molar refractivity (Wildman–Crippen MR) is 88.3 cm³/mol. The zero-order valence-corrected chi connectivity index (χ0v) is 13.5. The molecule has 0 aliphatic heterocycles. The van der Waals surface area contributed by atoms with E-state index in [9.17, 15) is 9.59 Å². The molecule has 0 spiro atoms. The Balaban J connectivity index is 2.46. The van der Waals surface area contributed by atoms with Gasteiger partial charge in [-0.1, -0.05) is 32.9 Å². The van der Waals surface area contributed by atoms with Gasteiger partial charge in [0.15, 0.2) is 0 Å². The van der Waals surface area contributed by atoms with Crippen LogP contribution in [0.25, 0.3) is 0 Å². The minimum absolute atomic E-state index is 0.0332. The maximum atomic E-state index is 11.9. The SMILES string of the molecule is CCNCc1cccc(NC(=O)CNC(=O)[C@@H](N)C(C)C)c1. The fourth-order valence-electron chi connectivity index (χ4n) is 1.82. The second-order valence-corrected chi connectivity index (χ2v) is 5.52. The van der Waals surface area contributed by atoms with Crippen molar-refractivity contribution >= 4 is 17.5 Å². The highest BCUT2D eigenvalue weighted by atomic mass is 16.2. The molecule has 22 heavy (non-hydrogen) atoms. The smallest absolute Gasteiger partial charge is 0.243 e. The predicted octanol–water partition coefficient (Wildman–Crippen LogP) is 0.834. The molecule has 122 valence electrons. The van der Waals surface area contributed by atoms with E-state index < -0.39 is 6.04 Å². The van der Waals surface area contributed by atoms with E-state index in [1.54, 1.807) is 0 Å². The molecule has 6 heteroatoms. The maximum absolute atomic E-state index is 11.9. The monoisotopic (exact) mass is 306 g/mol. The van der Waals surface area contributed by atoms with Crippen LogP contribution in [0.4, 0.5) is 5.69 Å². The first-order valence-electron chi connectivity index (χ1n) is 7.56. The van der Waals surface area contributed by atoms with Gasteiger partial charge in [-0.05, 0) is 30.2 Å². The number of nitrogens with two attached hydrogens (primary N) is 1. The number of amides is 2. The van der Waals surface area contributed by atoms with Gasteiger partial charge in [-0.2, -0.15) is 0 Å². The largest absolute Gasteiger partial charge is 0.346 e. The summed E-state index contributed by atoms with van der Waals surface area (Å²) in [6.07, 6.45) is 0. The molecule has 5 N–H and O–H groups in total. The van der Waals surface area contributed by atoms with E-state index in [1.165, 1.54) is 0 Å². The zero-order chi connectivity index (χ0) is 16.5. The Kier molecular flexibility index (Phi) is 7.56. The van der Waals surface area contributed by atoms with Crippen molar-refractivity contribution in [3.8, 4) is 0 Å². The van der Waals surface area contributed by atoms with Crippen LogP contribution in [0.15, 0.2) is 24.3 Å². The Hall–Kier alpha value is -1.92. The molecule has 2 amide bonds. The van der Waals surface area contributed by atoms with Crippen LogP contribution in [-0.2, 0) is 16.1 Å². The Bertz CT molecular complexity index is 503. The third kappa shape index (κ3) is 6.24. The molecule has 0 unspecified atom stereocenters. The number of nitrogens with one attached hydrogen (secondary N) is 3. The summed E-state index contributed by atoms with van der Waals surface area (Å²) in [5.41, 5.74) is 7.51. The summed E-state index contributed by atoms with van der Waals surface area (Å²) < 4.78 is 0. The molecule has 1 aromatic rings. The Morgan fingerprint density at radius 2 is 2.00 bits per heavy atom. The van der Waals surface area contributed by atoms with Crippen LogP contribution >= 0.6 is 0 Å². The van der Waals surface area contributed by atoms with Crippen LogP contribution in [0.5, 0.6) is 0 Å². The van der Waals surface area contributed by atoms with Crippen molar-refractivity contribution < 1.29 is 9.59 Å². The van der Waals surface area contributed by atoms with Gasteiger partial charge in [-0.3, -0.25) is 9.59 Å². The van der Waals surface area contributed by atoms with Crippen molar-refractivity contribution in [3.63, 3.8) is 0 Å². The highest BCUT2D eigenvalue weighted by molar-refractivity contribution is 5.95. The van der Waals surface area contributed by atoms with E-state index in [-0.39, 0.29) is 24.3 Å². The number of carbonyl (C=O) groups excluding carboxylic acids is 2. The minimum atomic E-state index is -0.601. The highest BCUT2D eigenvalue weighted by Crippen LogP contribution is 2.10. The van der Waals surface area contributed by atoms with Crippen molar-refractivity contribution in [2.75, 3.05) is 18.4 Å². The summed E-state index contributed by atoms with van der Waals surface area (Å²) in [5.74, 6) is -0.554. The number of anilines is 1. The van der Waals surface area contributed by atoms with E-state index in [0.717, 1.165) is 18.7 Å². The van der Waals surface area contributed by atoms with Crippen LogP contribution < -0.4 is 21.7 Å². The number of hydrogen-bond acceptors (Lipinski definition) is 4. The molecule has 0 aromatic heterocycles. The molecule has 1 rings (SSSR count). The summed E-state index contributed by atoms with van der Waals surface area (Å²) in [6.45, 7) is 7.31. The lowest BCUT2D eigenvalue weighted by Crippen LogP contribution is -2.46. The van der Waals surface area contributed by atoms with Crippen molar-refractivity contribution in [1.29, 1.82) is 0 Å². The molecule has 0 heterocycles. The van der Waals surface area contributed by atoms with Crippen LogP contribution in [-0.4, -0.2) is 30.9 Å². The third-order valence-corrected chi connectivity index (χ3v) is 3.23. The molecule has 1 atom stereocenters. The van der Waals surface area contributed by atoms with Crippen LogP contribution in [0, 0.1) is 5.92 Å². The lowest BCUT2D eigenvalue weighted by atomic mass is 10.1. The first-order valence-corrected chi connectivity index (χ1v) is 7.56. The Morgan fingerprint density at radius 3 is 2.64 bits per heavy atom. The number of benzene rings is 1. The van der Waals surface area contributed by atoms with E-state index in [1.807, 2.05) is 45.0 Å². The van der Waals surface area contributed by atoms with Gasteiger partial charge in [0, 0.05) is 12.2 Å². The van der Waals surface area contributed by atoms with Gasteiger partial charge >= 0.3 is 0 Å². The summed E-state index contributed by atoms with van der Waals surface area (Å²) in [4.78, 5) is 23.5. The van der Waals surface area contributed by atoms with Crippen LogP contribution in [0.2, 0.25) is 0 Å². The second kappa shape index (κ2) is 9.17. The lowest BCUT2D eigenvalue weighted by Gasteiger charge is -2.15. The molecule has 0 aliphatic carbocycles. The van der Waals surface area contributed by atoms with Crippen molar-refractivity contribution in [1.82, 2.24) is 10.6 Å². The van der Waals surface area contributed by atoms with Gasteiger partial charge in [0.25, 0.3) is 0 Å². The van der Waals surface area contributed by atoms with E-state index >= 15 is 0 Å². The van der Waals surface area contributed by atoms with Crippen molar-refractivity contribution in [3.05, 3.63) is 29.8 Å². The van der Waals surface area contributed by atoms with Crippen LogP contribution in [0.1, 0.15) is 26.3 Å². The molecule has 0 fully saturated rings. The number of carbonyl (C=O) groups is 2. The summed E-state index contributed by atoms with van der Waals surface area (Å²) in [7, 11) is 0. The van der Waals surface area contributed by atoms with E-state index in [0.29, 0.717) is 5.69 Å². The molecular formula is C16H26N4O2. The van der Waals surface area contributed by atoms with Gasteiger partial charge in [0.2, 0.25) is 11.8 Å². The molecule has 0 aliphatic rings. The molecule has 6 nitrogen and oxygen atoms in total. The quantitative estimate of drug-likeness (QED) is 0.572. The van der Waals surface area contributed by atoms with E-state index in [2.05, 4.69) is 16.0 Å². The summed E-state index contributed by atoms with van der Waals surface area (Å²) >= 11 is 0. The number of hydrogen-bond donors (Lipinski definition) is 4. The van der Waals surface area contributed by atoms with Gasteiger partial charge < -0.3 is 21.7 Å². The molecule has 1 aromatic carbocycles. The van der Waals surface area contributed by atoms with Gasteiger partial charge in [0.05, 0.1) is 12.6 Å². The zero-order valence-electron chi connectivity index (χ0n) is 13.5. The summed E-state index contributed by atoms with van der Waals surface area (Å²) in [5, 5.41) is 8.53. The lowest BCUT2D eigenvalue weighted by molar-refractivity contribution is -0.125. The standard InChI is InChI=1S/C16H26N4O2/c1-4-18-9-12-6-5-7-13(8-12)20-14(21)10-19-16(22)15(17)11(2)3/h5-8,11,15,18H,4,9-10,17H2,1-3H3,(H,19,22)(H,20,21)/t15-/m0/s1. The van der Waals surface area contributed by atoms with Gasteiger partial charge in [-0.15, -0.1) is 0 Å². The molecule has 0 radical (unpaired) electrons. The normalized spacial score (nSPS) is 12.0. The maximum Gasteiger partial charge on any atom is 0.243 e. The average molecular weight is 306 g/mol. The fraction of sp³-hybridized carbons (Fsp3) is 0.500. The van der Waals surface area contributed by atoms with Crippen LogP contribution in [0.3, 0.4) is 0 Å². The first kappa shape index (κ1) is 18.1. The molecular weight excluding hydrogens is 280 g/mol. The highest BCUT2D eigenvalue weighted by Gasteiger charge is 2.17. The van der Waals surface area contributed by atoms with Crippen molar-refractivity contribution in [2.24, 2.45) is 11.7 Å². The van der Waals surface area contributed by atoms with Gasteiger partial charge in [-0.25, -0.2) is 0 Å². The topological polar surface area (TPSA) is 96.2 Å². The van der Waals surface area contributed by atoms with Gasteiger partial charge in [0.1, 0.15) is 0 Å². The summed E-state index contributed by atoms with van der Waals surface area (Å²) in [6, 6.07) is 6.99. The van der Waals surface area contributed by atoms with Crippen molar-refractivity contribution in [2.45, 2.75) is 33.4 Å². The average Bonchev–Trinajstić information content (AvgIpc) is 2.50. The fourth-order valence-corrected chi connectivity index (χ4v) is 1.82. The minimum Gasteiger partial charge on any atom is -0.346 e. The first-order chi connectivity index (χ1) is 10.4. The molecule has 0 saturated carbocycles. The number of rotatable bonds is 8. The Morgan fingerprint density at radius 1 is 1.27 bits per heavy atom. The third-order valence-electron chi connectivity index (χ3n) is 3.23. The second-order valence-electron chi connectivity index (χ2n) is 5.52. The van der Waals surface area contributed by atoms with E-state index in [4.69, 9.17) is 5.73 Å².